The number of benzene rings is 2. The molecular weight excluding hydrogens is 444 g/mol. The van der Waals surface area contributed by atoms with Gasteiger partial charge in [-0.15, -0.1) is 0 Å². The first-order valence-electron chi connectivity index (χ1n) is 12.8. The molecule has 2 aromatic carbocycles. The number of nitrogens with two attached hydrogens (primary N) is 1. The molecule has 1 fully saturated rings. The summed E-state index contributed by atoms with van der Waals surface area (Å²) in [7, 11) is 0. The number of likely N-dealkylation sites (tertiary alicyclic amines) is 1. The van der Waals surface area contributed by atoms with Crippen molar-refractivity contribution in [1.29, 1.82) is 0 Å². The first kappa shape index (κ1) is 23.9. The van der Waals surface area contributed by atoms with Crippen LogP contribution in [-0.4, -0.2) is 41.1 Å². The molecule has 4 aromatic rings. The summed E-state index contributed by atoms with van der Waals surface area (Å²) < 4.78 is 6.01. The van der Waals surface area contributed by atoms with Crippen LogP contribution >= 0.6 is 0 Å². The van der Waals surface area contributed by atoms with Crippen LogP contribution in [-0.2, 0) is 0 Å². The van der Waals surface area contributed by atoms with Crippen molar-refractivity contribution >= 4 is 28.8 Å². The molecule has 1 saturated heterocycles. The molecule has 1 aliphatic rings. The van der Waals surface area contributed by atoms with E-state index in [4.69, 9.17) is 10.5 Å². The SMILES string of the molecule is C=C(/C=c1\c(=C/N)[nH]c2ccc(-c3ccc(OCCCN4CCCCC4)cc3)cc12)c1cccnc1. The van der Waals surface area contributed by atoms with Gasteiger partial charge in [-0.3, -0.25) is 4.98 Å². The minimum Gasteiger partial charge on any atom is -0.494 e. The number of rotatable bonds is 8. The molecule has 0 saturated carbocycles. The Bertz CT molecular complexity index is 1430. The molecule has 3 N–H and O–H groups in total. The van der Waals surface area contributed by atoms with Crippen LogP contribution in [0.4, 0.5) is 0 Å². The predicted molar refractivity (Wildman–Crippen MR) is 150 cm³/mol. The van der Waals surface area contributed by atoms with Gasteiger partial charge in [0.1, 0.15) is 5.75 Å². The van der Waals surface area contributed by atoms with Crippen molar-refractivity contribution in [1.82, 2.24) is 14.9 Å². The molecule has 5 heteroatoms. The molecule has 0 aliphatic carbocycles. The summed E-state index contributed by atoms with van der Waals surface area (Å²) in [6.07, 6.45) is 12.4. The molecule has 3 heterocycles. The van der Waals surface area contributed by atoms with E-state index < -0.39 is 0 Å². The molecule has 0 amide bonds. The summed E-state index contributed by atoms with van der Waals surface area (Å²) in [5, 5.41) is 3.00. The molecule has 5 nitrogen and oxygen atoms in total. The van der Waals surface area contributed by atoms with Crippen LogP contribution in [0, 0.1) is 0 Å². The highest BCUT2D eigenvalue weighted by Crippen LogP contribution is 2.25. The Morgan fingerprint density at radius 1 is 1.06 bits per heavy atom. The Balaban J connectivity index is 1.33. The third kappa shape index (κ3) is 5.52. The van der Waals surface area contributed by atoms with Gasteiger partial charge in [0.05, 0.1) is 12.0 Å². The standard InChI is InChI=1S/C31H34N4O/c1-23(26-7-5-14-33-22-26)19-28-29-20-25(10-13-30(29)34-31(28)21-32)24-8-11-27(12-9-24)36-18-6-17-35-15-3-2-4-16-35/h5,7-14,19-22,34H,1-4,6,15-18,32H2/b28-19-,31-21+. The summed E-state index contributed by atoms with van der Waals surface area (Å²) in [6.45, 7) is 8.61. The second-order valence-electron chi connectivity index (χ2n) is 9.42. The summed E-state index contributed by atoms with van der Waals surface area (Å²) in [5.41, 5.74) is 11.1. The number of ether oxygens (including phenoxy) is 1. The van der Waals surface area contributed by atoms with Gasteiger partial charge in [-0.1, -0.05) is 37.3 Å². The smallest absolute Gasteiger partial charge is 0.119 e. The number of pyridine rings is 1. The minimum atomic E-state index is 0.754. The predicted octanol–water partition coefficient (Wildman–Crippen LogP) is 4.68. The lowest BCUT2D eigenvalue weighted by atomic mass is 10.0. The van der Waals surface area contributed by atoms with E-state index in [0.29, 0.717) is 0 Å². The highest BCUT2D eigenvalue weighted by Gasteiger charge is 2.09. The van der Waals surface area contributed by atoms with E-state index >= 15 is 0 Å². The molecule has 184 valence electrons. The van der Waals surface area contributed by atoms with Crippen LogP contribution in [0.5, 0.6) is 5.75 Å². The van der Waals surface area contributed by atoms with Crippen molar-refractivity contribution in [3.8, 4) is 16.9 Å². The number of allylic oxidation sites excluding steroid dienone is 1. The molecule has 5 rings (SSSR count). The van der Waals surface area contributed by atoms with Gasteiger partial charge in [0.2, 0.25) is 0 Å². The second-order valence-corrected chi connectivity index (χ2v) is 9.42. The lowest BCUT2D eigenvalue weighted by Crippen LogP contribution is -2.31. The molecular formula is C31H34N4O. The Kier molecular flexibility index (Phi) is 7.48. The molecule has 0 radical (unpaired) electrons. The Morgan fingerprint density at radius 3 is 2.61 bits per heavy atom. The van der Waals surface area contributed by atoms with E-state index in [-0.39, 0.29) is 0 Å². The van der Waals surface area contributed by atoms with Crippen LogP contribution in [0.15, 0.2) is 73.6 Å². The zero-order valence-corrected chi connectivity index (χ0v) is 20.7. The van der Waals surface area contributed by atoms with Gasteiger partial charge in [0.15, 0.2) is 0 Å². The van der Waals surface area contributed by atoms with Crippen LogP contribution in [0.25, 0.3) is 39.9 Å². The van der Waals surface area contributed by atoms with Crippen molar-refractivity contribution in [3.05, 3.63) is 89.7 Å². The average molecular weight is 479 g/mol. The number of H-pyrrole nitrogens is 1. The average Bonchev–Trinajstić information content (AvgIpc) is 3.29. The third-order valence-electron chi connectivity index (χ3n) is 6.91. The minimum absolute atomic E-state index is 0.754. The lowest BCUT2D eigenvalue weighted by Gasteiger charge is -2.26. The summed E-state index contributed by atoms with van der Waals surface area (Å²) in [5.74, 6) is 0.918. The first-order valence-corrected chi connectivity index (χ1v) is 12.8. The fourth-order valence-corrected chi connectivity index (χ4v) is 4.92. The number of hydrogen-bond acceptors (Lipinski definition) is 4. The van der Waals surface area contributed by atoms with Crippen molar-refractivity contribution < 1.29 is 4.74 Å². The Morgan fingerprint density at radius 2 is 1.86 bits per heavy atom. The molecule has 0 atom stereocenters. The van der Waals surface area contributed by atoms with Crippen LogP contribution in [0.2, 0.25) is 0 Å². The molecule has 0 bridgehead atoms. The highest BCUT2D eigenvalue weighted by molar-refractivity contribution is 5.93. The van der Waals surface area contributed by atoms with Crippen LogP contribution < -0.4 is 21.0 Å². The molecule has 0 spiro atoms. The molecule has 1 aliphatic heterocycles. The number of aromatic nitrogens is 2. The second kappa shape index (κ2) is 11.3. The lowest BCUT2D eigenvalue weighted by molar-refractivity contribution is 0.205. The topological polar surface area (TPSA) is 67.2 Å². The maximum atomic E-state index is 6.01. The number of aromatic amines is 1. The van der Waals surface area contributed by atoms with Gasteiger partial charge in [-0.05, 0) is 91.0 Å². The van der Waals surface area contributed by atoms with E-state index in [1.807, 2.05) is 18.3 Å². The fourth-order valence-electron chi connectivity index (χ4n) is 4.92. The van der Waals surface area contributed by atoms with E-state index in [1.54, 1.807) is 12.4 Å². The van der Waals surface area contributed by atoms with Gasteiger partial charge < -0.3 is 20.4 Å². The highest BCUT2D eigenvalue weighted by atomic mass is 16.5. The van der Waals surface area contributed by atoms with Gasteiger partial charge in [0.25, 0.3) is 0 Å². The van der Waals surface area contributed by atoms with Gasteiger partial charge in [0, 0.05) is 41.3 Å². The van der Waals surface area contributed by atoms with E-state index in [1.165, 1.54) is 32.4 Å². The number of nitrogens with zero attached hydrogens (tertiary/aromatic N) is 2. The Hall–Kier alpha value is -3.83. The van der Waals surface area contributed by atoms with Gasteiger partial charge in [-0.25, -0.2) is 0 Å². The number of piperidine rings is 1. The molecule has 2 aromatic heterocycles. The quantitative estimate of drug-likeness (QED) is 0.361. The van der Waals surface area contributed by atoms with Crippen LogP contribution in [0.1, 0.15) is 31.2 Å². The Labute approximate surface area is 212 Å². The summed E-state index contributed by atoms with van der Waals surface area (Å²) in [6, 6.07) is 18.7. The zero-order valence-electron chi connectivity index (χ0n) is 20.7. The number of fused-ring (bicyclic) bond motifs is 1. The molecule has 0 unspecified atom stereocenters. The van der Waals surface area contributed by atoms with Crippen molar-refractivity contribution in [2.45, 2.75) is 25.7 Å². The maximum Gasteiger partial charge on any atom is 0.119 e. The zero-order chi connectivity index (χ0) is 24.7. The van der Waals surface area contributed by atoms with E-state index in [0.717, 1.165) is 69.1 Å². The first-order chi connectivity index (χ1) is 17.7. The van der Waals surface area contributed by atoms with Crippen LogP contribution in [0.3, 0.4) is 0 Å². The van der Waals surface area contributed by atoms with Crippen molar-refractivity contribution in [3.63, 3.8) is 0 Å². The maximum absolute atomic E-state index is 6.01. The molecule has 36 heavy (non-hydrogen) atoms. The van der Waals surface area contributed by atoms with Gasteiger partial charge in [-0.2, -0.15) is 0 Å². The third-order valence-corrected chi connectivity index (χ3v) is 6.91. The van der Waals surface area contributed by atoms with E-state index in [9.17, 15) is 0 Å². The monoisotopic (exact) mass is 478 g/mol. The summed E-state index contributed by atoms with van der Waals surface area (Å²) >= 11 is 0. The van der Waals surface area contributed by atoms with Crippen molar-refractivity contribution in [2.24, 2.45) is 5.73 Å². The summed E-state index contributed by atoms with van der Waals surface area (Å²) in [4.78, 5) is 10.2. The van der Waals surface area contributed by atoms with E-state index in [2.05, 4.69) is 70.0 Å². The number of hydrogen-bond donors (Lipinski definition) is 2. The normalized spacial score (nSPS) is 15.4. The number of nitrogens with one attached hydrogen (secondary N) is 1. The van der Waals surface area contributed by atoms with Gasteiger partial charge >= 0.3 is 0 Å². The largest absolute Gasteiger partial charge is 0.494 e. The van der Waals surface area contributed by atoms with Crippen molar-refractivity contribution in [2.75, 3.05) is 26.2 Å². The fraction of sp³-hybridized carbons (Fsp3) is 0.258.